The predicted molar refractivity (Wildman–Crippen MR) is 90.2 cm³/mol. The molecular weight excluding hydrogens is 252 g/mol. The Morgan fingerprint density at radius 3 is 2.14 bits per heavy atom. The van der Waals surface area contributed by atoms with Crippen molar-refractivity contribution in [1.82, 2.24) is 0 Å². The van der Waals surface area contributed by atoms with E-state index in [9.17, 15) is 0 Å². The molecule has 0 spiro atoms. The topological polar surface area (TPSA) is 0 Å². The second kappa shape index (κ2) is 6.76. The summed E-state index contributed by atoms with van der Waals surface area (Å²) in [4.78, 5) is 0. The van der Waals surface area contributed by atoms with Crippen LogP contribution in [0.4, 0.5) is 0 Å². The summed E-state index contributed by atoms with van der Waals surface area (Å²) in [6.45, 7) is 3.87. The van der Waals surface area contributed by atoms with Gasteiger partial charge in [-0.05, 0) is 66.7 Å². The van der Waals surface area contributed by atoms with E-state index in [2.05, 4.69) is 55.1 Å². The highest BCUT2D eigenvalue weighted by atomic mass is 14.3. The molecule has 1 fully saturated rings. The first-order valence-electron chi connectivity index (χ1n) is 8.04. The van der Waals surface area contributed by atoms with Gasteiger partial charge in [0.05, 0.1) is 0 Å². The van der Waals surface area contributed by atoms with E-state index in [-0.39, 0.29) is 0 Å². The van der Waals surface area contributed by atoms with Gasteiger partial charge in [-0.25, -0.2) is 0 Å². The van der Waals surface area contributed by atoms with Crippen LogP contribution in [-0.2, 0) is 0 Å². The van der Waals surface area contributed by atoms with Crippen molar-refractivity contribution in [3.63, 3.8) is 0 Å². The van der Waals surface area contributed by atoms with Crippen LogP contribution in [0, 0.1) is 12.0 Å². The Bertz CT molecular complexity index is 557. The third-order valence-corrected chi connectivity index (χ3v) is 4.78. The predicted octanol–water partition coefficient (Wildman–Crippen LogP) is 6.00. The Labute approximate surface area is 128 Å². The third-order valence-electron chi connectivity index (χ3n) is 4.78. The lowest BCUT2D eigenvalue weighted by Crippen LogP contribution is -2.12. The monoisotopic (exact) mass is 275 g/mol. The molecule has 0 unspecified atom stereocenters. The maximum absolute atomic E-state index is 3.87. The first-order valence-corrected chi connectivity index (χ1v) is 8.04. The zero-order valence-corrected chi connectivity index (χ0v) is 12.6. The van der Waals surface area contributed by atoms with E-state index in [1.165, 1.54) is 48.8 Å². The van der Waals surface area contributed by atoms with Crippen molar-refractivity contribution < 1.29 is 0 Å². The number of benzene rings is 2. The summed E-state index contributed by atoms with van der Waals surface area (Å²) in [5, 5.41) is 0. The standard InChI is InChI=1S/C21H23/c1-2-6-17-9-11-19(12-10-17)21-15-13-20(14-16-21)18-7-4-3-5-8-18/h2,4-5,7-8,13-17,19H,1,6,9-12H2. The van der Waals surface area contributed by atoms with Crippen molar-refractivity contribution in [3.05, 3.63) is 72.8 Å². The molecule has 1 aliphatic rings. The lowest BCUT2D eigenvalue weighted by Gasteiger charge is -2.28. The zero-order valence-electron chi connectivity index (χ0n) is 12.6. The van der Waals surface area contributed by atoms with Crippen LogP contribution in [-0.4, -0.2) is 0 Å². The lowest BCUT2D eigenvalue weighted by molar-refractivity contribution is 0.328. The van der Waals surface area contributed by atoms with Crippen LogP contribution in [0.25, 0.3) is 11.1 Å². The van der Waals surface area contributed by atoms with Crippen molar-refractivity contribution in [1.29, 1.82) is 0 Å². The van der Waals surface area contributed by atoms with Gasteiger partial charge in [-0.3, -0.25) is 0 Å². The van der Waals surface area contributed by atoms with Gasteiger partial charge in [0.2, 0.25) is 0 Å². The summed E-state index contributed by atoms with van der Waals surface area (Å²) in [7, 11) is 0. The molecule has 0 saturated heterocycles. The van der Waals surface area contributed by atoms with Crippen LogP contribution in [0.2, 0.25) is 0 Å². The molecule has 1 saturated carbocycles. The fraction of sp³-hybridized carbons (Fsp3) is 0.333. The van der Waals surface area contributed by atoms with Crippen LogP contribution in [0.3, 0.4) is 0 Å². The molecule has 2 aromatic rings. The van der Waals surface area contributed by atoms with E-state index in [4.69, 9.17) is 0 Å². The SMILES string of the molecule is C=CCC1CCC(c2ccc(-c3cc[c]cc3)cc2)CC1. The summed E-state index contributed by atoms with van der Waals surface area (Å²) in [5.74, 6) is 1.63. The van der Waals surface area contributed by atoms with E-state index in [1.807, 2.05) is 12.1 Å². The van der Waals surface area contributed by atoms with Crippen LogP contribution in [0.1, 0.15) is 43.6 Å². The fourth-order valence-corrected chi connectivity index (χ4v) is 3.49. The summed E-state index contributed by atoms with van der Waals surface area (Å²) in [5.41, 5.74) is 4.08. The highest BCUT2D eigenvalue weighted by molar-refractivity contribution is 5.63. The normalized spacial score (nSPS) is 21.9. The Balaban J connectivity index is 1.67. The Morgan fingerprint density at radius 2 is 1.52 bits per heavy atom. The molecule has 1 aliphatic carbocycles. The number of allylic oxidation sites excluding steroid dienone is 1. The highest BCUT2D eigenvalue weighted by Crippen LogP contribution is 2.37. The van der Waals surface area contributed by atoms with Crippen molar-refractivity contribution in [2.75, 3.05) is 0 Å². The van der Waals surface area contributed by atoms with Crippen LogP contribution >= 0.6 is 0 Å². The van der Waals surface area contributed by atoms with Crippen LogP contribution in [0.5, 0.6) is 0 Å². The second-order valence-electron chi connectivity index (χ2n) is 6.15. The molecule has 0 heterocycles. The lowest BCUT2D eigenvalue weighted by atomic mass is 9.77. The minimum atomic E-state index is 0.754. The molecule has 0 N–H and O–H groups in total. The van der Waals surface area contributed by atoms with Gasteiger partial charge in [0, 0.05) is 0 Å². The smallest absolute Gasteiger partial charge is 0.0162 e. The van der Waals surface area contributed by atoms with E-state index in [1.54, 1.807) is 0 Å². The first kappa shape index (κ1) is 14.1. The molecule has 0 atom stereocenters. The van der Waals surface area contributed by atoms with Crippen LogP contribution in [0.15, 0.2) is 61.2 Å². The molecule has 21 heavy (non-hydrogen) atoms. The van der Waals surface area contributed by atoms with Crippen molar-refractivity contribution >= 4 is 0 Å². The molecule has 0 bridgehead atoms. The Kier molecular flexibility index (Phi) is 4.55. The summed E-state index contributed by atoms with van der Waals surface area (Å²) in [6, 6.07) is 20.4. The molecule has 2 aromatic carbocycles. The highest BCUT2D eigenvalue weighted by Gasteiger charge is 2.21. The minimum Gasteiger partial charge on any atom is -0.103 e. The van der Waals surface area contributed by atoms with Crippen molar-refractivity contribution in [3.8, 4) is 11.1 Å². The summed E-state index contributed by atoms with van der Waals surface area (Å²) >= 11 is 0. The van der Waals surface area contributed by atoms with Crippen molar-refractivity contribution in [2.45, 2.75) is 38.0 Å². The number of hydrogen-bond donors (Lipinski definition) is 0. The van der Waals surface area contributed by atoms with E-state index < -0.39 is 0 Å². The maximum atomic E-state index is 3.87. The summed E-state index contributed by atoms with van der Waals surface area (Å²) < 4.78 is 0. The van der Waals surface area contributed by atoms with Gasteiger partial charge in [-0.1, -0.05) is 54.6 Å². The number of hydrogen-bond acceptors (Lipinski definition) is 0. The van der Waals surface area contributed by atoms with Gasteiger partial charge in [0.25, 0.3) is 0 Å². The maximum Gasteiger partial charge on any atom is -0.0162 e. The summed E-state index contributed by atoms with van der Waals surface area (Å²) in [6.07, 6.45) is 8.64. The molecule has 0 aliphatic heterocycles. The molecule has 1 radical (unpaired) electrons. The third kappa shape index (κ3) is 3.44. The quantitative estimate of drug-likeness (QED) is 0.600. The van der Waals surface area contributed by atoms with Gasteiger partial charge in [0.1, 0.15) is 0 Å². The number of rotatable bonds is 4. The largest absolute Gasteiger partial charge is 0.103 e. The minimum absolute atomic E-state index is 0.754. The fourth-order valence-electron chi connectivity index (χ4n) is 3.49. The first-order chi connectivity index (χ1) is 10.4. The molecule has 0 aromatic heterocycles. The molecule has 0 amide bonds. The average Bonchev–Trinajstić information content (AvgIpc) is 2.57. The molecule has 0 heteroatoms. The molecule has 107 valence electrons. The van der Waals surface area contributed by atoms with Crippen molar-refractivity contribution in [2.24, 2.45) is 5.92 Å². The Hall–Kier alpha value is -1.82. The molecular formula is C21H23. The van der Waals surface area contributed by atoms with Gasteiger partial charge < -0.3 is 0 Å². The average molecular weight is 275 g/mol. The van der Waals surface area contributed by atoms with Gasteiger partial charge in [0.15, 0.2) is 0 Å². The second-order valence-corrected chi connectivity index (χ2v) is 6.15. The van der Waals surface area contributed by atoms with Crippen LogP contribution < -0.4 is 0 Å². The molecule has 0 nitrogen and oxygen atoms in total. The van der Waals surface area contributed by atoms with E-state index in [0.29, 0.717) is 0 Å². The Morgan fingerprint density at radius 1 is 0.905 bits per heavy atom. The van der Waals surface area contributed by atoms with Gasteiger partial charge in [-0.15, -0.1) is 6.58 Å². The van der Waals surface area contributed by atoms with E-state index >= 15 is 0 Å². The van der Waals surface area contributed by atoms with Gasteiger partial charge >= 0.3 is 0 Å². The van der Waals surface area contributed by atoms with Gasteiger partial charge in [-0.2, -0.15) is 0 Å². The van der Waals surface area contributed by atoms with E-state index in [0.717, 1.165) is 11.8 Å². The zero-order chi connectivity index (χ0) is 14.5. The molecule has 3 rings (SSSR count).